The van der Waals surface area contributed by atoms with Gasteiger partial charge in [0.2, 0.25) is 5.91 Å². The Kier molecular flexibility index (Phi) is 7.67. The molecule has 1 aromatic carbocycles. The van der Waals surface area contributed by atoms with Gasteiger partial charge in [0.25, 0.3) is 0 Å². The highest BCUT2D eigenvalue weighted by Crippen LogP contribution is 2.35. The fraction of sp³-hybridized carbons (Fsp3) is 0.381. The van der Waals surface area contributed by atoms with Gasteiger partial charge in [-0.05, 0) is 54.4 Å². The zero-order chi connectivity index (χ0) is 24.2. The molecule has 0 atom stereocenters. The molecule has 1 N–H and O–H groups in total. The Morgan fingerprint density at radius 2 is 1.88 bits per heavy atom. The van der Waals surface area contributed by atoms with Gasteiger partial charge >= 0.3 is 6.18 Å². The number of nitrogens with one attached hydrogen (secondary N) is 1. The van der Waals surface area contributed by atoms with E-state index in [1.165, 1.54) is 13.1 Å². The molecule has 0 saturated heterocycles. The first-order valence-corrected chi connectivity index (χ1v) is 10.9. The van der Waals surface area contributed by atoms with Crippen LogP contribution in [-0.2, 0) is 24.1 Å². The summed E-state index contributed by atoms with van der Waals surface area (Å²) in [5.41, 5.74) is 0.464. The molecule has 8 nitrogen and oxygen atoms in total. The van der Waals surface area contributed by atoms with Gasteiger partial charge in [-0.3, -0.25) is 14.2 Å². The van der Waals surface area contributed by atoms with Crippen LogP contribution < -0.4 is 14.8 Å². The molecule has 12 heteroatoms. The summed E-state index contributed by atoms with van der Waals surface area (Å²) in [4.78, 5) is 12.4. The molecule has 0 aliphatic heterocycles. The van der Waals surface area contributed by atoms with Crippen LogP contribution in [0.3, 0.4) is 0 Å². The summed E-state index contributed by atoms with van der Waals surface area (Å²) in [6.45, 7) is 6.30. The number of rotatable bonds is 9. The normalized spacial score (nSPS) is 11.5. The van der Waals surface area contributed by atoms with Gasteiger partial charge in [-0.1, -0.05) is 6.07 Å². The summed E-state index contributed by atoms with van der Waals surface area (Å²) in [5, 5.41) is 10.4. The van der Waals surface area contributed by atoms with E-state index in [2.05, 4.69) is 31.4 Å². The molecule has 0 aliphatic rings. The van der Waals surface area contributed by atoms with Crippen LogP contribution >= 0.6 is 15.9 Å². The van der Waals surface area contributed by atoms with Crippen molar-refractivity contribution in [3.05, 3.63) is 52.0 Å². The Labute approximate surface area is 196 Å². The van der Waals surface area contributed by atoms with Crippen molar-refractivity contribution in [1.82, 2.24) is 19.6 Å². The average molecular weight is 530 g/mol. The molecule has 2 aromatic heterocycles. The van der Waals surface area contributed by atoms with Crippen LogP contribution in [0.5, 0.6) is 11.5 Å². The van der Waals surface area contributed by atoms with Gasteiger partial charge < -0.3 is 14.8 Å². The molecule has 0 aliphatic carbocycles. The van der Waals surface area contributed by atoms with Crippen molar-refractivity contribution in [2.24, 2.45) is 0 Å². The quantitative estimate of drug-likeness (QED) is 0.436. The Hall–Kier alpha value is -3.02. The van der Waals surface area contributed by atoms with Crippen LogP contribution in [0, 0.1) is 6.92 Å². The number of aromatic nitrogens is 4. The van der Waals surface area contributed by atoms with E-state index in [-0.39, 0.29) is 16.7 Å². The lowest BCUT2D eigenvalue weighted by atomic mass is 10.2. The summed E-state index contributed by atoms with van der Waals surface area (Å²) >= 11 is 2.89. The predicted molar refractivity (Wildman–Crippen MR) is 118 cm³/mol. The molecule has 0 fully saturated rings. The van der Waals surface area contributed by atoms with E-state index in [1.54, 1.807) is 10.9 Å². The van der Waals surface area contributed by atoms with Crippen molar-refractivity contribution >= 4 is 27.5 Å². The first-order chi connectivity index (χ1) is 15.6. The van der Waals surface area contributed by atoms with Crippen LogP contribution in [-0.4, -0.2) is 38.7 Å². The Balaban J connectivity index is 1.65. The minimum absolute atomic E-state index is 0.183. The van der Waals surface area contributed by atoms with Crippen molar-refractivity contribution in [3.8, 4) is 11.5 Å². The SMILES string of the molecule is CCOc1ccc(Cn2cc(NC(=O)Cn3nc(C(F)(F)F)c(Br)c3C)cn2)cc1OCC. The summed E-state index contributed by atoms with van der Waals surface area (Å²) in [6, 6.07) is 5.59. The maximum Gasteiger partial charge on any atom is 0.436 e. The lowest BCUT2D eigenvalue weighted by Gasteiger charge is -2.12. The van der Waals surface area contributed by atoms with Crippen molar-refractivity contribution < 1.29 is 27.4 Å². The minimum atomic E-state index is -4.62. The van der Waals surface area contributed by atoms with Crippen LogP contribution in [0.25, 0.3) is 0 Å². The van der Waals surface area contributed by atoms with Gasteiger partial charge in [0.1, 0.15) is 6.54 Å². The number of hydrogen-bond donors (Lipinski definition) is 1. The topological polar surface area (TPSA) is 83.2 Å². The smallest absolute Gasteiger partial charge is 0.436 e. The van der Waals surface area contributed by atoms with Gasteiger partial charge in [0.05, 0.1) is 41.8 Å². The summed E-state index contributed by atoms with van der Waals surface area (Å²) in [5.74, 6) is 0.767. The molecule has 0 saturated carbocycles. The molecule has 3 rings (SSSR count). The molecule has 33 heavy (non-hydrogen) atoms. The van der Waals surface area contributed by atoms with Crippen LogP contribution in [0.1, 0.15) is 30.8 Å². The molecule has 0 unspecified atom stereocenters. The molecule has 3 aromatic rings. The zero-order valence-electron chi connectivity index (χ0n) is 18.2. The van der Waals surface area contributed by atoms with Crippen LogP contribution in [0.15, 0.2) is 35.1 Å². The number of carbonyl (C=O) groups is 1. The zero-order valence-corrected chi connectivity index (χ0v) is 19.8. The maximum absolute atomic E-state index is 13.0. The molecular formula is C21H23BrF3N5O3. The van der Waals surface area contributed by atoms with Crippen molar-refractivity contribution in [1.29, 1.82) is 0 Å². The van der Waals surface area contributed by atoms with Crippen LogP contribution in [0.2, 0.25) is 0 Å². The van der Waals surface area contributed by atoms with E-state index in [0.717, 1.165) is 10.2 Å². The summed E-state index contributed by atoms with van der Waals surface area (Å²) < 4.78 is 52.6. The van der Waals surface area contributed by atoms with Crippen LogP contribution in [0.4, 0.5) is 18.9 Å². The average Bonchev–Trinajstić information content (AvgIpc) is 3.29. The molecular weight excluding hydrogens is 507 g/mol. The van der Waals surface area contributed by atoms with Crippen molar-refractivity contribution in [2.45, 2.75) is 40.0 Å². The fourth-order valence-corrected chi connectivity index (χ4v) is 3.60. The number of amides is 1. The van der Waals surface area contributed by atoms with E-state index < -0.39 is 17.8 Å². The number of nitrogens with zero attached hydrogens (tertiary/aromatic N) is 4. The number of carbonyl (C=O) groups excluding carboxylic acids is 1. The lowest BCUT2D eigenvalue weighted by Crippen LogP contribution is -2.20. The third-order valence-corrected chi connectivity index (χ3v) is 5.51. The number of halogens is 4. The highest BCUT2D eigenvalue weighted by atomic mass is 79.9. The summed E-state index contributed by atoms with van der Waals surface area (Å²) in [7, 11) is 0. The molecule has 0 radical (unpaired) electrons. The number of alkyl halides is 3. The molecule has 2 heterocycles. The monoisotopic (exact) mass is 529 g/mol. The highest BCUT2D eigenvalue weighted by Gasteiger charge is 2.38. The summed E-state index contributed by atoms with van der Waals surface area (Å²) in [6.07, 6.45) is -1.53. The minimum Gasteiger partial charge on any atom is -0.490 e. The van der Waals surface area contributed by atoms with E-state index in [9.17, 15) is 18.0 Å². The standard InChI is InChI=1S/C21H23BrF3N5O3/c1-4-32-16-7-6-14(8-17(16)33-5-2)10-29-11-15(9-26-29)27-18(31)12-30-13(3)19(22)20(28-30)21(23,24)25/h6-9,11H,4-5,10,12H2,1-3H3,(H,27,31). The van der Waals surface area contributed by atoms with Gasteiger partial charge in [-0.15, -0.1) is 0 Å². The second-order valence-electron chi connectivity index (χ2n) is 7.03. The second-order valence-corrected chi connectivity index (χ2v) is 7.82. The number of benzene rings is 1. The fourth-order valence-electron chi connectivity index (χ4n) is 3.09. The number of ether oxygens (including phenoxy) is 2. The second kappa shape index (κ2) is 10.3. The van der Waals surface area contributed by atoms with Gasteiger partial charge in [-0.2, -0.15) is 23.4 Å². The molecule has 178 valence electrons. The third kappa shape index (κ3) is 6.06. The largest absolute Gasteiger partial charge is 0.490 e. The Morgan fingerprint density at radius 1 is 1.18 bits per heavy atom. The van der Waals surface area contributed by atoms with Gasteiger partial charge in [-0.25, -0.2) is 0 Å². The Bertz CT molecular complexity index is 1130. The van der Waals surface area contributed by atoms with Gasteiger partial charge in [0, 0.05) is 6.20 Å². The number of anilines is 1. The van der Waals surface area contributed by atoms with E-state index in [1.807, 2.05) is 32.0 Å². The van der Waals surface area contributed by atoms with Crippen molar-refractivity contribution in [3.63, 3.8) is 0 Å². The predicted octanol–water partition coefficient (Wildman–Crippen LogP) is 4.65. The van der Waals surface area contributed by atoms with E-state index >= 15 is 0 Å². The van der Waals surface area contributed by atoms with E-state index in [0.29, 0.717) is 36.9 Å². The molecule has 1 amide bonds. The Morgan fingerprint density at radius 3 is 2.52 bits per heavy atom. The van der Waals surface area contributed by atoms with E-state index in [4.69, 9.17) is 9.47 Å². The first kappa shape index (κ1) is 24.6. The molecule has 0 spiro atoms. The maximum atomic E-state index is 13.0. The molecule has 0 bridgehead atoms. The van der Waals surface area contributed by atoms with Gasteiger partial charge in [0.15, 0.2) is 17.2 Å². The van der Waals surface area contributed by atoms with Crippen molar-refractivity contribution in [2.75, 3.05) is 18.5 Å². The first-order valence-electron chi connectivity index (χ1n) is 10.1. The third-order valence-electron chi connectivity index (χ3n) is 4.56. The number of hydrogen-bond acceptors (Lipinski definition) is 5. The highest BCUT2D eigenvalue weighted by molar-refractivity contribution is 9.10. The lowest BCUT2D eigenvalue weighted by molar-refractivity contribution is -0.142.